The lowest BCUT2D eigenvalue weighted by atomic mass is 9.95. The van der Waals surface area contributed by atoms with E-state index in [1.807, 2.05) is 0 Å². The van der Waals surface area contributed by atoms with Crippen molar-refractivity contribution in [3.63, 3.8) is 0 Å². The van der Waals surface area contributed by atoms with Gasteiger partial charge in [0, 0.05) is 6.04 Å². The minimum atomic E-state index is -0.531. The second kappa shape index (κ2) is 3.18. The Bertz CT molecular complexity index is 276. The van der Waals surface area contributed by atoms with Gasteiger partial charge in [-0.05, 0) is 54.7 Å². The van der Waals surface area contributed by atoms with Crippen LogP contribution in [-0.4, -0.2) is 25.6 Å². The molecule has 2 aliphatic rings. The molecule has 74 valence electrons. The standard InChI is InChI=1S/C11H19NS/c1-12-10-5-4-9-6-7-13(2,3)11(9)8-10/h6-7,10,12H,4-5,8H2,1-3H3. The summed E-state index contributed by atoms with van der Waals surface area (Å²) in [5, 5.41) is 5.85. The van der Waals surface area contributed by atoms with Gasteiger partial charge in [0.1, 0.15) is 0 Å². The summed E-state index contributed by atoms with van der Waals surface area (Å²) in [5.74, 6) is 0. The first kappa shape index (κ1) is 9.35. The maximum absolute atomic E-state index is 3.41. The van der Waals surface area contributed by atoms with E-state index in [1.54, 1.807) is 10.5 Å². The summed E-state index contributed by atoms with van der Waals surface area (Å²) in [7, 11) is 1.55. The molecular weight excluding hydrogens is 178 g/mol. The lowest BCUT2D eigenvalue weighted by Crippen LogP contribution is -2.28. The first-order valence-corrected chi connectivity index (χ1v) is 7.45. The van der Waals surface area contributed by atoms with Crippen molar-refractivity contribution in [3.8, 4) is 0 Å². The average Bonchev–Trinajstić information content (AvgIpc) is 2.42. The van der Waals surface area contributed by atoms with Gasteiger partial charge in [-0.25, -0.2) is 10.0 Å². The SMILES string of the molecule is CNC1CCC2=C(C1)S(C)(C)C=C2. The average molecular weight is 197 g/mol. The Labute approximate surface area is 82.6 Å². The largest absolute Gasteiger partial charge is 0.317 e. The van der Waals surface area contributed by atoms with E-state index in [9.17, 15) is 0 Å². The lowest BCUT2D eigenvalue weighted by Gasteiger charge is -2.33. The van der Waals surface area contributed by atoms with Gasteiger partial charge in [0.25, 0.3) is 0 Å². The van der Waals surface area contributed by atoms with E-state index in [0.29, 0.717) is 0 Å². The van der Waals surface area contributed by atoms with Crippen LogP contribution >= 0.6 is 10.0 Å². The molecule has 1 N–H and O–H groups in total. The third-order valence-electron chi connectivity index (χ3n) is 3.20. The van der Waals surface area contributed by atoms with E-state index in [2.05, 4.69) is 36.4 Å². The summed E-state index contributed by atoms with van der Waals surface area (Å²) in [6, 6.07) is 0.727. The Balaban J connectivity index is 2.22. The summed E-state index contributed by atoms with van der Waals surface area (Å²) < 4.78 is 0. The van der Waals surface area contributed by atoms with E-state index in [4.69, 9.17) is 0 Å². The molecule has 2 rings (SSSR count). The summed E-state index contributed by atoms with van der Waals surface area (Å²) in [5.41, 5.74) is 1.64. The second-order valence-corrected chi connectivity index (χ2v) is 7.96. The maximum atomic E-state index is 3.41. The minimum absolute atomic E-state index is 0.531. The van der Waals surface area contributed by atoms with Crippen LogP contribution in [0.5, 0.6) is 0 Å². The first-order chi connectivity index (χ1) is 6.13. The predicted molar refractivity (Wildman–Crippen MR) is 62.3 cm³/mol. The molecule has 0 saturated heterocycles. The van der Waals surface area contributed by atoms with Crippen molar-refractivity contribution in [2.45, 2.75) is 25.3 Å². The second-order valence-electron chi connectivity index (χ2n) is 4.39. The van der Waals surface area contributed by atoms with Crippen molar-refractivity contribution in [2.24, 2.45) is 0 Å². The van der Waals surface area contributed by atoms with Gasteiger partial charge in [-0.2, -0.15) is 0 Å². The maximum Gasteiger partial charge on any atom is 0.0112 e. The van der Waals surface area contributed by atoms with Gasteiger partial charge < -0.3 is 5.32 Å². The Morgan fingerprint density at radius 3 is 2.92 bits per heavy atom. The van der Waals surface area contributed by atoms with Crippen molar-refractivity contribution in [1.29, 1.82) is 0 Å². The highest BCUT2D eigenvalue weighted by atomic mass is 32.3. The van der Waals surface area contributed by atoms with E-state index in [0.717, 1.165) is 6.04 Å². The Hall–Kier alpha value is -0.210. The summed E-state index contributed by atoms with van der Waals surface area (Å²) >= 11 is 0. The Morgan fingerprint density at radius 2 is 2.23 bits per heavy atom. The zero-order chi connectivity index (χ0) is 9.47. The number of rotatable bonds is 1. The number of hydrogen-bond acceptors (Lipinski definition) is 1. The van der Waals surface area contributed by atoms with Gasteiger partial charge in [-0.3, -0.25) is 0 Å². The molecule has 0 fully saturated rings. The quantitative estimate of drug-likeness (QED) is 0.681. The topological polar surface area (TPSA) is 12.0 Å². The molecule has 0 radical (unpaired) electrons. The zero-order valence-corrected chi connectivity index (χ0v) is 9.58. The molecule has 0 saturated carbocycles. The molecule has 2 heteroatoms. The van der Waals surface area contributed by atoms with Crippen LogP contribution < -0.4 is 5.32 Å². The molecule has 1 unspecified atom stereocenters. The van der Waals surface area contributed by atoms with Crippen LogP contribution in [0.2, 0.25) is 0 Å². The van der Waals surface area contributed by atoms with Gasteiger partial charge in [-0.15, -0.1) is 0 Å². The highest BCUT2D eigenvalue weighted by molar-refractivity contribution is 8.38. The van der Waals surface area contributed by atoms with E-state index in [-0.39, 0.29) is 0 Å². The molecule has 0 aromatic rings. The molecule has 0 bridgehead atoms. The van der Waals surface area contributed by atoms with Crippen molar-refractivity contribution < 1.29 is 0 Å². The molecule has 1 atom stereocenters. The van der Waals surface area contributed by atoms with Crippen LogP contribution in [0.15, 0.2) is 22.0 Å². The minimum Gasteiger partial charge on any atom is -0.317 e. The molecule has 13 heavy (non-hydrogen) atoms. The lowest BCUT2D eigenvalue weighted by molar-refractivity contribution is 0.507. The van der Waals surface area contributed by atoms with E-state index < -0.39 is 10.0 Å². The summed E-state index contributed by atoms with van der Waals surface area (Å²) in [6.07, 6.45) is 11.1. The summed E-state index contributed by atoms with van der Waals surface area (Å²) in [4.78, 5) is 1.75. The van der Waals surface area contributed by atoms with Gasteiger partial charge in [0.2, 0.25) is 0 Å². The zero-order valence-electron chi connectivity index (χ0n) is 8.76. The first-order valence-electron chi connectivity index (χ1n) is 4.94. The normalized spacial score (nSPS) is 33.3. The fourth-order valence-electron chi connectivity index (χ4n) is 2.24. The van der Waals surface area contributed by atoms with Crippen molar-refractivity contribution in [1.82, 2.24) is 5.32 Å². The fourth-order valence-corrected chi connectivity index (χ4v) is 4.38. The van der Waals surface area contributed by atoms with Crippen LogP contribution in [0.25, 0.3) is 0 Å². The van der Waals surface area contributed by atoms with Crippen LogP contribution in [0, 0.1) is 0 Å². The number of nitrogens with one attached hydrogen (secondary N) is 1. The van der Waals surface area contributed by atoms with E-state index in [1.165, 1.54) is 19.3 Å². The molecule has 1 aliphatic heterocycles. The summed E-state index contributed by atoms with van der Waals surface area (Å²) in [6.45, 7) is 0. The molecular formula is C11H19NS. The molecule has 0 aromatic heterocycles. The molecule has 1 heterocycles. The highest BCUT2D eigenvalue weighted by Gasteiger charge is 2.28. The van der Waals surface area contributed by atoms with Crippen molar-refractivity contribution >= 4 is 10.0 Å². The van der Waals surface area contributed by atoms with Crippen LogP contribution in [0.1, 0.15) is 19.3 Å². The molecule has 0 amide bonds. The third kappa shape index (κ3) is 1.57. The number of allylic oxidation sites excluding steroid dienone is 2. The fraction of sp³-hybridized carbons (Fsp3) is 0.636. The van der Waals surface area contributed by atoms with Crippen molar-refractivity contribution in [2.75, 3.05) is 19.6 Å². The van der Waals surface area contributed by atoms with Crippen molar-refractivity contribution in [3.05, 3.63) is 22.0 Å². The van der Waals surface area contributed by atoms with Gasteiger partial charge >= 0.3 is 0 Å². The molecule has 1 nitrogen and oxygen atoms in total. The van der Waals surface area contributed by atoms with Crippen LogP contribution in [-0.2, 0) is 0 Å². The van der Waals surface area contributed by atoms with Gasteiger partial charge in [-0.1, -0.05) is 6.08 Å². The Kier molecular flexibility index (Phi) is 2.28. The Morgan fingerprint density at radius 1 is 1.46 bits per heavy atom. The highest BCUT2D eigenvalue weighted by Crippen LogP contribution is 2.59. The third-order valence-corrected chi connectivity index (χ3v) is 5.72. The molecule has 0 spiro atoms. The van der Waals surface area contributed by atoms with Gasteiger partial charge in [0.05, 0.1) is 0 Å². The monoisotopic (exact) mass is 197 g/mol. The van der Waals surface area contributed by atoms with Crippen LogP contribution in [0.3, 0.4) is 0 Å². The number of hydrogen-bond donors (Lipinski definition) is 1. The van der Waals surface area contributed by atoms with Gasteiger partial charge in [0.15, 0.2) is 0 Å². The molecule has 0 aromatic carbocycles. The van der Waals surface area contributed by atoms with Crippen LogP contribution in [0.4, 0.5) is 0 Å². The smallest absolute Gasteiger partial charge is 0.0112 e. The predicted octanol–water partition coefficient (Wildman–Crippen LogP) is 2.60. The van der Waals surface area contributed by atoms with E-state index >= 15 is 0 Å². The molecule has 1 aliphatic carbocycles.